The van der Waals surface area contributed by atoms with Crippen molar-refractivity contribution in [1.82, 2.24) is 0 Å². The number of fused-ring (bicyclic) bond motifs is 1. The summed E-state index contributed by atoms with van der Waals surface area (Å²) >= 11 is 24.9. The predicted octanol–water partition coefficient (Wildman–Crippen LogP) is 9.50. The van der Waals surface area contributed by atoms with Gasteiger partial charge in [0.15, 0.2) is 5.75 Å². The highest BCUT2D eigenvalue weighted by atomic mass is 35.5. The molecule has 0 aromatic heterocycles. The lowest BCUT2D eigenvalue weighted by Crippen LogP contribution is -2.21. The molecule has 4 aromatic rings. The highest BCUT2D eigenvalue weighted by molar-refractivity contribution is 6.37. The fourth-order valence-corrected chi connectivity index (χ4v) is 5.76. The molecular weight excluding hydrogens is 658 g/mol. The Morgan fingerprint density at radius 2 is 1.62 bits per heavy atom. The quantitative estimate of drug-likeness (QED) is 0.101. The Balaban J connectivity index is 1.34. The third-order valence-electron chi connectivity index (χ3n) is 7.00. The molecule has 5 rings (SSSR count). The van der Waals surface area contributed by atoms with Crippen LogP contribution in [0.5, 0.6) is 23.0 Å². The van der Waals surface area contributed by atoms with Crippen molar-refractivity contribution < 1.29 is 23.7 Å². The van der Waals surface area contributed by atoms with E-state index in [1.165, 1.54) is 12.1 Å². The van der Waals surface area contributed by atoms with E-state index in [1.54, 1.807) is 48.5 Å². The summed E-state index contributed by atoms with van der Waals surface area (Å²) in [6.45, 7) is 2.75. The second-order valence-electron chi connectivity index (χ2n) is 10.1. The summed E-state index contributed by atoms with van der Waals surface area (Å²) in [5.74, 6) is 0.215. The van der Waals surface area contributed by atoms with Crippen LogP contribution in [-0.2, 0) is 6.61 Å². The van der Waals surface area contributed by atoms with Crippen LogP contribution in [0.25, 0.3) is 0 Å². The summed E-state index contributed by atoms with van der Waals surface area (Å²) in [5, 5.41) is 11.4. The molecule has 0 saturated heterocycles. The number of carbonyl (C=O) groups excluding carboxylic acids is 1. The minimum atomic E-state index is -0.678. The number of nitrogens with zero attached hydrogens (tertiary/aromatic N) is 1. The molecule has 0 radical (unpaired) electrons. The summed E-state index contributed by atoms with van der Waals surface area (Å²) in [6, 6.07) is 22.4. The topological polar surface area (TPSA) is 104 Å². The number of esters is 1. The lowest BCUT2D eigenvalue weighted by molar-refractivity contribution is 0.0734. The lowest BCUT2D eigenvalue weighted by atomic mass is 9.83. The van der Waals surface area contributed by atoms with Crippen LogP contribution < -0.4 is 24.7 Å². The normalized spacial score (nSPS) is 13.8. The van der Waals surface area contributed by atoms with Gasteiger partial charge in [0.25, 0.3) is 0 Å². The molecule has 0 amide bonds. The van der Waals surface area contributed by atoms with Gasteiger partial charge in [0.2, 0.25) is 5.88 Å². The first-order valence-corrected chi connectivity index (χ1v) is 15.4. The molecule has 11 heteroatoms. The van der Waals surface area contributed by atoms with Crippen LogP contribution in [0.15, 0.2) is 84.3 Å². The van der Waals surface area contributed by atoms with Crippen LogP contribution in [0.2, 0.25) is 20.1 Å². The number of benzene rings is 4. The molecule has 2 N–H and O–H groups in total. The Bertz CT molecular complexity index is 1800. The number of nitrogens with two attached hydrogens (primary N) is 1. The van der Waals surface area contributed by atoms with Crippen LogP contribution in [0.1, 0.15) is 52.7 Å². The molecule has 0 fully saturated rings. The Labute approximate surface area is 280 Å². The van der Waals surface area contributed by atoms with Gasteiger partial charge in [-0.3, -0.25) is 0 Å². The summed E-state index contributed by atoms with van der Waals surface area (Å²) in [7, 11) is 0. The molecule has 1 heterocycles. The Hall–Kier alpha value is -4.06. The van der Waals surface area contributed by atoms with Gasteiger partial charge in [0.1, 0.15) is 35.5 Å². The van der Waals surface area contributed by atoms with Gasteiger partial charge < -0.3 is 24.7 Å². The third-order valence-corrected chi connectivity index (χ3v) is 8.15. The first-order valence-electron chi connectivity index (χ1n) is 13.9. The molecule has 1 aliphatic heterocycles. The Morgan fingerprint density at radius 3 is 2.29 bits per heavy atom. The first kappa shape index (κ1) is 32.3. The highest BCUT2D eigenvalue weighted by Crippen LogP contribution is 2.44. The number of allylic oxidation sites excluding steroid dienone is 1. The zero-order valence-corrected chi connectivity index (χ0v) is 26.9. The number of ether oxygens (including phenoxy) is 4. The monoisotopic (exact) mass is 682 g/mol. The Kier molecular flexibility index (Phi) is 10.3. The SMILES string of the molecule is CCCCOc1c(Cl)cc(C(=O)Oc2ccc3c(c2)OC(N)=C(C#N)C3c2ccc(OCc3ccc(Cl)cc3Cl)cc2)cc1Cl. The average molecular weight is 684 g/mol. The third kappa shape index (κ3) is 7.43. The number of hydrogen-bond acceptors (Lipinski definition) is 7. The van der Waals surface area contributed by atoms with E-state index in [0.29, 0.717) is 39.5 Å². The molecule has 45 heavy (non-hydrogen) atoms. The van der Waals surface area contributed by atoms with Crippen LogP contribution in [-0.4, -0.2) is 12.6 Å². The molecule has 0 aliphatic carbocycles. The van der Waals surface area contributed by atoms with Gasteiger partial charge >= 0.3 is 5.97 Å². The average Bonchev–Trinajstić information content (AvgIpc) is 3.01. The van der Waals surface area contributed by atoms with E-state index in [-0.39, 0.29) is 39.4 Å². The smallest absolute Gasteiger partial charge is 0.343 e. The molecule has 0 spiro atoms. The molecule has 1 unspecified atom stereocenters. The van der Waals surface area contributed by atoms with Gasteiger partial charge in [0, 0.05) is 27.2 Å². The standard InChI is InChI=1S/C34H26Cl4N2O5/c1-2-3-12-42-32-28(37)13-21(14-29(32)38)34(41)44-24-10-11-25-30(16-24)45-33(40)26(17-39)31(25)19-5-8-23(9-6-19)43-18-20-4-7-22(35)15-27(20)36/h4-11,13-16,31H,2-3,12,18,40H2,1H3. The second-order valence-corrected chi connectivity index (χ2v) is 11.7. The van der Waals surface area contributed by atoms with Gasteiger partial charge in [-0.1, -0.05) is 84.0 Å². The highest BCUT2D eigenvalue weighted by Gasteiger charge is 2.31. The van der Waals surface area contributed by atoms with Crippen molar-refractivity contribution in [1.29, 1.82) is 5.26 Å². The number of nitriles is 1. The van der Waals surface area contributed by atoms with Crippen LogP contribution in [0, 0.1) is 11.3 Å². The van der Waals surface area contributed by atoms with Gasteiger partial charge in [-0.15, -0.1) is 0 Å². The molecule has 0 saturated carbocycles. The molecular formula is C34H26Cl4N2O5. The van der Waals surface area contributed by atoms with Crippen molar-refractivity contribution >= 4 is 52.4 Å². The summed E-state index contributed by atoms with van der Waals surface area (Å²) in [6.07, 6.45) is 1.79. The maximum Gasteiger partial charge on any atom is 0.343 e. The van der Waals surface area contributed by atoms with E-state index in [4.69, 9.17) is 71.1 Å². The molecule has 1 aliphatic rings. The molecule has 230 valence electrons. The van der Waals surface area contributed by atoms with Gasteiger partial charge in [-0.25, -0.2) is 4.79 Å². The fraction of sp³-hybridized carbons (Fsp3) is 0.176. The zero-order valence-electron chi connectivity index (χ0n) is 23.9. The van der Waals surface area contributed by atoms with Crippen molar-refractivity contribution in [2.75, 3.05) is 6.61 Å². The summed E-state index contributed by atoms with van der Waals surface area (Å²) in [5.41, 5.74) is 8.82. The van der Waals surface area contributed by atoms with E-state index in [1.807, 2.05) is 19.1 Å². The van der Waals surface area contributed by atoms with E-state index in [0.717, 1.165) is 24.0 Å². The van der Waals surface area contributed by atoms with E-state index < -0.39 is 11.9 Å². The molecule has 0 bridgehead atoms. The lowest BCUT2D eigenvalue weighted by Gasteiger charge is -2.27. The molecule has 4 aromatic carbocycles. The van der Waals surface area contributed by atoms with E-state index in [2.05, 4.69) is 6.07 Å². The van der Waals surface area contributed by atoms with E-state index >= 15 is 0 Å². The van der Waals surface area contributed by atoms with Crippen molar-refractivity contribution in [3.8, 4) is 29.1 Å². The molecule has 7 nitrogen and oxygen atoms in total. The largest absolute Gasteiger partial charge is 0.490 e. The maximum atomic E-state index is 13.0. The van der Waals surface area contributed by atoms with Crippen molar-refractivity contribution in [3.63, 3.8) is 0 Å². The van der Waals surface area contributed by atoms with Crippen molar-refractivity contribution in [2.45, 2.75) is 32.3 Å². The minimum absolute atomic E-state index is 0.0478. The van der Waals surface area contributed by atoms with Crippen LogP contribution >= 0.6 is 46.4 Å². The van der Waals surface area contributed by atoms with Crippen molar-refractivity contribution in [3.05, 3.63) is 127 Å². The number of carbonyl (C=O) groups is 1. The number of unbranched alkanes of at least 4 members (excludes halogenated alkanes) is 1. The first-order chi connectivity index (χ1) is 21.7. The molecule has 1 atom stereocenters. The summed E-state index contributed by atoms with van der Waals surface area (Å²) < 4.78 is 23.0. The predicted molar refractivity (Wildman–Crippen MR) is 175 cm³/mol. The van der Waals surface area contributed by atoms with Gasteiger partial charge in [-0.05, 0) is 54.4 Å². The fourth-order valence-electron chi connectivity index (χ4n) is 4.70. The number of hydrogen-bond donors (Lipinski definition) is 1. The van der Waals surface area contributed by atoms with Crippen molar-refractivity contribution in [2.24, 2.45) is 5.73 Å². The number of halogens is 4. The Morgan fingerprint density at radius 1 is 0.911 bits per heavy atom. The number of rotatable bonds is 10. The van der Waals surface area contributed by atoms with E-state index in [9.17, 15) is 10.1 Å². The summed E-state index contributed by atoms with van der Waals surface area (Å²) in [4.78, 5) is 13.0. The minimum Gasteiger partial charge on any atom is -0.490 e. The maximum absolute atomic E-state index is 13.0. The van der Waals surface area contributed by atoms with Crippen LogP contribution in [0.3, 0.4) is 0 Å². The second kappa shape index (κ2) is 14.4. The van der Waals surface area contributed by atoms with Gasteiger partial charge in [0.05, 0.1) is 28.1 Å². The zero-order chi connectivity index (χ0) is 32.1. The van der Waals surface area contributed by atoms with Gasteiger partial charge in [-0.2, -0.15) is 5.26 Å². The van der Waals surface area contributed by atoms with Crippen LogP contribution in [0.4, 0.5) is 0 Å².